The van der Waals surface area contributed by atoms with E-state index in [1.165, 1.54) is 20.3 Å². The first kappa shape index (κ1) is 37.8. The van der Waals surface area contributed by atoms with Gasteiger partial charge in [-0.1, -0.05) is 0 Å². The second kappa shape index (κ2) is 19.2. The van der Waals surface area contributed by atoms with E-state index in [0.717, 1.165) is 25.7 Å². The smallest absolute Gasteiger partial charge is 0.365 e. The molecule has 4 heterocycles. The molecule has 0 saturated carbocycles. The van der Waals surface area contributed by atoms with E-state index in [-0.39, 0.29) is 86.3 Å². The number of fused-ring (bicyclic) bond motifs is 2. The fourth-order valence-electron chi connectivity index (χ4n) is 6.65. The van der Waals surface area contributed by atoms with Gasteiger partial charge in [-0.3, -0.25) is 9.78 Å². The van der Waals surface area contributed by atoms with E-state index < -0.39 is 18.0 Å². The third-order valence-corrected chi connectivity index (χ3v) is 8.87. The molecule has 0 aromatic carbocycles. The monoisotopic (exact) mass is 652 g/mol. The van der Waals surface area contributed by atoms with Crippen molar-refractivity contribution in [3.8, 4) is 0 Å². The fraction of sp³-hybridized carbons (Fsp3) is 0.812. The number of carbonyl (C=O) groups is 2. The lowest BCUT2D eigenvalue weighted by Gasteiger charge is -2.33. The van der Waals surface area contributed by atoms with Crippen LogP contribution in [0, 0.1) is 25.0 Å². The topological polar surface area (TPSA) is 157 Å². The zero-order chi connectivity index (χ0) is 33.6. The molecule has 0 amide bonds. The van der Waals surface area contributed by atoms with E-state index >= 15 is 0 Å². The van der Waals surface area contributed by atoms with Gasteiger partial charge in [0, 0.05) is 44.6 Å². The van der Waals surface area contributed by atoms with Crippen molar-refractivity contribution in [3.63, 3.8) is 0 Å². The molecule has 46 heavy (non-hydrogen) atoms. The quantitative estimate of drug-likeness (QED) is 0.130. The summed E-state index contributed by atoms with van der Waals surface area (Å²) in [4.78, 5) is 47.1. The summed E-state index contributed by atoms with van der Waals surface area (Å²) >= 11 is 0. The summed E-state index contributed by atoms with van der Waals surface area (Å²) in [5.41, 5.74) is 0. The Kier molecular flexibility index (Phi) is 15.8. The van der Waals surface area contributed by atoms with Crippen LogP contribution in [0.4, 0.5) is 0 Å². The predicted molar refractivity (Wildman–Crippen MR) is 160 cm³/mol. The van der Waals surface area contributed by atoms with Crippen molar-refractivity contribution in [2.24, 2.45) is 11.8 Å². The molecule has 12 atom stereocenters. The lowest BCUT2D eigenvalue weighted by atomic mass is 9.89. The van der Waals surface area contributed by atoms with Gasteiger partial charge in [-0.25, -0.2) is 22.7 Å². The van der Waals surface area contributed by atoms with Crippen LogP contribution in [0.2, 0.25) is 0 Å². The molecular weight excluding hydrogens is 604 g/mol. The number of hydrogen-bond acceptors (Lipinski definition) is 12. The Bertz CT molecular complexity index is 1080. The lowest BCUT2D eigenvalue weighted by Crippen LogP contribution is -2.41. The number of aliphatic hydroxyl groups is 2. The minimum Gasteiger partial charge on any atom is -0.396 e. The molecule has 14 heteroatoms. The van der Waals surface area contributed by atoms with Crippen LogP contribution in [0.1, 0.15) is 65.2 Å². The SMILES string of the molecule is [C-]#[N+][C@H](C)C[C@H]1CC[C@@H]2O[C@@H](/C=C/C(=O)OOC)[C@@H](CO)C2O1.[C-]#[N+][C@H](C)C[C@H]1CC[C@@H]2O[C@@H](CCC(=O)OOC)[C@@H](CO)C2O1. The lowest BCUT2D eigenvalue weighted by molar-refractivity contribution is -0.255. The zero-order valence-corrected chi connectivity index (χ0v) is 27.0. The molecule has 4 saturated heterocycles. The summed E-state index contributed by atoms with van der Waals surface area (Å²) in [6, 6.07) is -0.142. The highest BCUT2D eigenvalue weighted by atomic mass is 17.2. The van der Waals surface area contributed by atoms with Gasteiger partial charge in [-0.05, 0) is 38.2 Å². The maximum absolute atomic E-state index is 11.4. The van der Waals surface area contributed by atoms with E-state index in [1.54, 1.807) is 6.08 Å². The minimum atomic E-state index is -0.632. The van der Waals surface area contributed by atoms with Gasteiger partial charge < -0.3 is 38.9 Å². The maximum atomic E-state index is 11.4. The van der Waals surface area contributed by atoms with E-state index in [1.807, 2.05) is 13.8 Å². The molecule has 4 fully saturated rings. The van der Waals surface area contributed by atoms with E-state index in [2.05, 4.69) is 29.2 Å². The Morgan fingerprint density at radius 2 is 1.37 bits per heavy atom. The molecule has 0 radical (unpaired) electrons. The van der Waals surface area contributed by atoms with E-state index in [0.29, 0.717) is 19.3 Å². The highest BCUT2D eigenvalue weighted by Crippen LogP contribution is 2.40. The molecule has 0 bridgehead atoms. The van der Waals surface area contributed by atoms with Crippen LogP contribution in [0.3, 0.4) is 0 Å². The average molecular weight is 653 g/mol. The van der Waals surface area contributed by atoms with Crippen molar-refractivity contribution < 1.29 is 58.3 Å². The van der Waals surface area contributed by atoms with Crippen molar-refractivity contribution in [2.75, 3.05) is 27.4 Å². The van der Waals surface area contributed by atoms with Gasteiger partial charge in [0.25, 0.3) is 0 Å². The highest BCUT2D eigenvalue weighted by molar-refractivity contribution is 5.81. The normalized spacial score (nSPS) is 34.6. The molecule has 258 valence electrons. The maximum Gasteiger partial charge on any atom is 0.365 e. The second-order valence-electron chi connectivity index (χ2n) is 12.2. The summed E-state index contributed by atoms with van der Waals surface area (Å²) in [7, 11) is 2.54. The molecule has 0 aromatic heterocycles. The van der Waals surface area contributed by atoms with Gasteiger partial charge >= 0.3 is 11.9 Å². The van der Waals surface area contributed by atoms with Crippen molar-refractivity contribution in [1.29, 1.82) is 0 Å². The van der Waals surface area contributed by atoms with Gasteiger partial charge in [-0.15, -0.1) is 0 Å². The number of rotatable bonds is 13. The number of ether oxygens (including phenoxy) is 4. The Hall–Kier alpha value is -2.66. The molecule has 4 rings (SSSR count). The summed E-state index contributed by atoms with van der Waals surface area (Å²) in [5.74, 6) is -1.47. The molecule has 4 aliphatic rings. The second-order valence-corrected chi connectivity index (χ2v) is 12.2. The summed E-state index contributed by atoms with van der Waals surface area (Å²) < 4.78 is 24.0. The molecule has 0 aromatic rings. The first-order valence-electron chi connectivity index (χ1n) is 15.9. The molecule has 0 spiro atoms. The molecule has 0 aliphatic carbocycles. The molecular formula is C32H48N2O12. The van der Waals surface area contributed by atoms with Crippen molar-refractivity contribution in [2.45, 2.75) is 126 Å². The molecule has 4 aliphatic heterocycles. The van der Waals surface area contributed by atoms with E-state index in [4.69, 9.17) is 32.1 Å². The first-order valence-corrected chi connectivity index (χ1v) is 15.9. The standard InChI is InChI=1S/C16H25NO6.C16H23NO6/c2*1-10(17-2)8-11-4-5-14-16(21-11)12(9-18)13(22-14)6-7-15(19)23-20-3/h10-14,16,18H,4-9H2,1,3H3;6-7,10-14,16,18H,4-5,8-9H2,1,3H3/b;7-6+/t2*10-,11-,12-,13+,14+,16?/m11/s1. The Morgan fingerprint density at radius 1 is 0.826 bits per heavy atom. The highest BCUT2D eigenvalue weighted by Gasteiger charge is 2.49. The van der Waals surface area contributed by atoms with Crippen LogP contribution < -0.4 is 0 Å². The summed E-state index contributed by atoms with van der Waals surface area (Å²) in [5, 5.41) is 19.4. The summed E-state index contributed by atoms with van der Waals surface area (Å²) in [6.45, 7) is 17.7. The van der Waals surface area contributed by atoms with Crippen LogP contribution in [0.25, 0.3) is 9.69 Å². The third kappa shape index (κ3) is 10.7. The van der Waals surface area contributed by atoms with E-state index in [9.17, 15) is 19.8 Å². The minimum absolute atomic E-state index is 0.0131. The van der Waals surface area contributed by atoms with Crippen LogP contribution in [0.15, 0.2) is 12.2 Å². The first-order chi connectivity index (χ1) is 22.2. The number of aliphatic hydroxyl groups excluding tert-OH is 2. The van der Waals surface area contributed by atoms with Crippen molar-refractivity contribution in [1.82, 2.24) is 0 Å². The molecule has 2 unspecified atom stereocenters. The number of nitrogens with zero attached hydrogens (tertiary/aromatic N) is 2. The number of hydrogen-bond donors (Lipinski definition) is 2. The molecule has 2 N–H and O–H groups in total. The zero-order valence-electron chi connectivity index (χ0n) is 27.0. The molecule has 14 nitrogen and oxygen atoms in total. The van der Waals surface area contributed by atoms with Gasteiger partial charge in [-0.2, -0.15) is 9.78 Å². The fourth-order valence-corrected chi connectivity index (χ4v) is 6.65. The van der Waals surface area contributed by atoms with Crippen LogP contribution in [-0.2, 0) is 48.1 Å². The van der Waals surface area contributed by atoms with Gasteiger partial charge in [0.1, 0.15) is 0 Å². The average Bonchev–Trinajstić information content (AvgIpc) is 3.59. The third-order valence-electron chi connectivity index (χ3n) is 8.87. The van der Waals surface area contributed by atoms with Crippen LogP contribution >= 0.6 is 0 Å². The van der Waals surface area contributed by atoms with Crippen molar-refractivity contribution >= 4 is 11.9 Å². The van der Waals surface area contributed by atoms with Gasteiger partial charge in [0.2, 0.25) is 12.1 Å². The van der Waals surface area contributed by atoms with Crippen molar-refractivity contribution in [3.05, 3.63) is 35.0 Å². The Balaban J connectivity index is 0.000000250. The largest absolute Gasteiger partial charge is 0.396 e. The summed E-state index contributed by atoms with van der Waals surface area (Å²) in [6.07, 6.45) is 7.09. The Morgan fingerprint density at radius 3 is 1.89 bits per heavy atom. The Labute approximate surface area is 270 Å². The predicted octanol–water partition coefficient (Wildman–Crippen LogP) is 2.76. The van der Waals surface area contributed by atoms with Gasteiger partial charge in [0.05, 0.1) is 82.7 Å². The van der Waals surface area contributed by atoms with Crippen LogP contribution in [-0.4, -0.2) is 111 Å². The van der Waals surface area contributed by atoms with Gasteiger partial charge in [0.15, 0.2) is 0 Å². The van der Waals surface area contributed by atoms with Crippen LogP contribution in [0.5, 0.6) is 0 Å². The number of carbonyl (C=O) groups excluding carboxylic acids is 2.